The molecule has 7 rings (SSSR count). The van der Waals surface area contributed by atoms with E-state index in [4.69, 9.17) is 28.7 Å². The minimum Gasteiger partial charge on any atom is -0.507 e. The quantitative estimate of drug-likeness (QED) is 0.0308. The number of hydrogen-bond acceptors (Lipinski definition) is 15. The highest BCUT2D eigenvalue weighted by atomic mass is 32.1. The first kappa shape index (κ1) is 117. The molecule has 0 heterocycles. The number of aryl methyl sites for hydroxylation is 2. The zero-order valence-electron chi connectivity index (χ0n) is 87.2. The first-order chi connectivity index (χ1) is 56.3. The second-order valence-corrected chi connectivity index (χ2v) is 49.8. The zero-order chi connectivity index (χ0) is 99.1. The van der Waals surface area contributed by atoms with Crippen LogP contribution < -0.4 is 34.0 Å². The van der Waals surface area contributed by atoms with Crippen molar-refractivity contribution in [2.75, 3.05) is 31.9 Å². The fourth-order valence-corrected chi connectivity index (χ4v) is 14.9. The molecular weight excluding hydrogens is 1600 g/mol. The molecule has 16 heteroatoms. The topological polar surface area (TPSA) is 301 Å². The molecule has 0 aliphatic rings. The summed E-state index contributed by atoms with van der Waals surface area (Å²) in [6.45, 7) is 91.4. The second kappa shape index (κ2) is 44.7. The lowest BCUT2D eigenvalue weighted by Crippen LogP contribution is -2.29. The van der Waals surface area contributed by atoms with Crippen LogP contribution in [0.2, 0.25) is 0 Å². The number of hydrogen-bond donors (Lipinski definition) is 15. The lowest BCUT2D eigenvalue weighted by Gasteiger charge is -2.28. The van der Waals surface area contributed by atoms with Crippen molar-refractivity contribution in [3.05, 3.63) is 191 Å². The molecule has 0 bridgehead atoms. The van der Waals surface area contributed by atoms with Crippen LogP contribution in [-0.2, 0) is 112 Å². The van der Waals surface area contributed by atoms with Gasteiger partial charge < -0.3 is 69.7 Å². The largest absolute Gasteiger partial charge is 0.507 e. The number of carbonyl (C=O) groups excluding carboxylic acids is 1. The molecule has 14 nitrogen and oxygen atoms in total. The molecule has 1 amide bonds. The van der Waals surface area contributed by atoms with Crippen LogP contribution >= 0.6 is 25.3 Å². The third-order valence-electron chi connectivity index (χ3n) is 22.0. The van der Waals surface area contributed by atoms with Gasteiger partial charge in [0.15, 0.2) is 0 Å². The fraction of sp³-hybridized carbons (Fsp3) is 0.609. The Balaban J connectivity index is 0.000000737. The molecule has 0 saturated carbocycles. The smallest absolute Gasteiger partial charge is 0.220 e. The number of nitrogen functional groups attached to an aromatic ring is 1. The fourth-order valence-electron chi connectivity index (χ4n) is 14.4. The van der Waals surface area contributed by atoms with Crippen molar-refractivity contribution in [1.29, 1.82) is 0 Å². The van der Waals surface area contributed by atoms with Gasteiger partial charge in [0.05, 0.1) is 0 Å². The molecule has 18 N–H and O–H groups in total. The Bertz CT molecular complexity index is 4270. The van der Waals surface area contributed by atoms with Gasteiger partial charge in [0, 0.05) is 64.6 Å². The van der Waals surface area contributed by atoms with Gasteiger partial charge in [0.1, 0.15) is 40.2 Å². The molecule has 7 aromatic rings. The maximum Gasteiger partial charge on any atom is 0.220 e. The van der Waals surface area contributed by atoms with E-state index in [0.29, 0.717) is 97.3 Å². The number of anilines is 1. The van der Waals surface area contributed by atoms with Gasteiger partial charge in [-0.1, -0.05) is 351 Å². The third-order valence-corrected chi connectivity index (χ3v) is 22.6. The van der Waals surface area contributed by atoms with Crippen molar-refractivity contribution in [1.82, 2.24) is 5.32 Å². The van der Waals surface area contributed by atoms with E-state index in [1.54, 1.807) is 0 Å². The molecule has 0 atom stereocenters. The van der Waals surface area contributed by atoms with E-state index in [2.05, 4.69) is 358 Å². The maximum atomic E-state index is 11.8. The van der Waals surface area contributed by atoms with E-state index in [9.17, 15) is 40.5 Å². The van der Waals surface area contributed by atoms with Gasteiger partial charge in [-0.25, -0.2) is 0 Å². The molecule has 0 unspecified atom stereocenters. The summed E-state index contributed by atoms with van der Waals surface area (Å²) in [4.78, 5) is 12.7. The summed E-state index contributed by atoms with van der Waals surface area (Å²) >= 11 is 8.77. The molecule has 0 fully saturated rings. The number of amides is 1. The highest BCUT2D eigenvalue weighted by Gasteiger charge is 2.34. The third kappa shape index (κ3) is 36.0. The minimum atomic E-state index is -0.151. The predicted molar refractivity (Wildman–Crippen MR) is 551 cm³/mol. The van der Waals surface area contributed by atoms with Crippen molar-refractivity contribution >= 4 is 36.9 Å². The van der Waals surface area contributed by atoms with Crippen LogP contribution in [0, 0.1) is 0 Å². The molecule has 0 spiro atoms. The lowest BCUT2D eigenvalue weighted by molar-refractivity contribution is -0.121. The van der Waals surface area contributed by atoms with Gasteiger partial charge in [-0.05, 0) is 222 Å². The van der Waals surface area contributed by atoms with E-state index in [0.717, 1.165) is 113 Å². The predicted octanol–water partition coefficient (Wildman–Crippen LogP) is 26.1. The van der Waals surface area contributed by atoms with Gasteiger partial charge in [-0.15, -0.1) is 12.6 Å². The Kier molecular flexibility index (Phi) is 41.5. The maximum absolute atomic E-state index is 11.8. The normalized spacial score (nSPS) is 12.8. The van der Waals surface area contributed by atoms with Crippen LogP contribution in [0.15, 0.2) is 89.8 Å². The molecule has 0 saturated heterocycles. The molecule has 126 heavy (non-hydrogen) atoms. The van der Waals surface area contributed by atoms with E-state index in [1.807, 2.05) is 48.5 Å². The van der Waals surface area contributed by atoms with Gasteiger partial charge in [0.2, 0.25) is 5.91 Å². The van der Waals surface area contributed by atoms with Crippen molar-refractivity contribution in [3.8, 4) is 40.2 Å². The van der Waals surface area contributed by atoms with Crippen LogP contribution in [0.1, 0.15) is 409 Å². The lowest BCUT2D eigenvalue weighted by atomic mass is 9.78. The van der Waals surface area contributed by atoms with Crippen molar-refractivity contribution in [2.24, 2.45) is 22.9 Å². The first-order valence-electron chi connectivity index (χ1n) is 45.5. The van der Waals surface area contributed by atoms with Gasteiger partial charge in [0.25, 0.3) is 0 Å². The Morgan fingerprint density at radius 3 is 0.651 bits per heavy atom. The van der Waals surface area contributed by atoms with E-state index < -0.39 is 0 Å². The summed E-state index contributed by atoms with van der Waals surface area (Å²) in [6, 6.07) is 28.3. The summed E-state index contributed by atoms with van der Waals surface area (Å²) in [5.41, 5.74) is 47.4. The Labute approximate surface area is 779 Å². The SMILES string of the molecule is CC(C)(C)c1cc(CCC(=O)NCCN)cc(C(C)(C)C)c1O.CC(C)(C)c1cc(CCCN)cc(C(C)(C)C)c1O.CC(C)(C)c1cc(CCN)cc(C(C)(C)C)c1O.CC(C)(C)c1cc(CN)cc(C(C)(C)C)c1O.CC(C)(C)c1cc(CS)cc(C(C)(C)C)c1O.CC(C)(C)c1cc(N)cc(C(C)(C)C)c1O.CC(C)(C)c1cc(S)cc(C(C)(C)C)c1O. The Morgan fingerprint density at radius 2 is 0.460 bits per heavy atom. The number of rotatable bonds is 12. The molecule has 712 valence electrons. The summed E-state index contributed by atoms with van der Waals surface area (Å²) in [5, 5.41) is 76.2. The number of phenolic OH excluding ortho intramolecular Hbond substituents is 7. The average Bonchev–Trinajstić information content (AvgIpc) is 0.778. The number of phenols is 7. The number of thiol groups is 2. The number of nitrogens with two attached hydrogens (primary N) is 5. The summed E-state index contributed by atoms with van der Waals surface area (Å²) < 4.78 is 0. The highest BCUT2D eigenvalue weighted by molar-refractivity contribution is 7.80. The summed E-state index contributed by atoms with van der Waals surface area (Å²) in [7, 11) is 0. The second-order valence-electron chi connectivity index (χ2n) is 49.0. The van der Waals surface area contributed by atoms with Crippen LogP contribution in [0.3, 0.4) is 0 Å². The molecule has 0 aliphatic carbocycles. The van der Waals surface area contributed by atoms with Gasteiger partial charge in [-0.2, -0.15) is 12.6 Å². The average molecular weight is 1780 g/mol. The molecule has 0 radical (unpaired) electrons. The van der Waals surface area contributed by atoms with Crippen LogP contribution in [0.4, 0.5) is 5.69 Å². The Hall–Kier alpha value is -7.05. The zero-order valence-corrected chi connectivity index (χ0v) is 89.0. The van der Waals surface area contributed by atoms with Crippen molar-refractivity contribution < 1.29 is 40.5 Å². The standard InChI is InChI=1S/C19H32N2O2.C17H29NO.C16H27NO.C15H25NO.C15H24OS.C14H23NO.C14H22OS/c1-18(2,3)14-11-13(7-8-16(22)21-10-9-20)12-15(17(14)23)19(4,5)6;1-16(2,3)13-10-12(8-7-9-18)11-14(15(13)19)17(4,5)6;1-15(2,3)12-9-11(7-8-17)10-13(14(12)18)16(4,5)6;1-14(2,3)11-7-10(9-16)8-12(13(11)17)15(4,5)6;1-14(2,3)11-7-10(9-17)8-12(13(11)16)15(4,5)6;1-13(2,3)10-7-9(15)8-11(12(10)16)14(4,5)6;1-13(2,3)10-7-9(16)8-11(12(10)15)14(4,5)6/h11-12,23H,7-10,20H2,1-6H3,(H,21,22);10-11,19H,7-9,18H2,1-6H3;9-10,18H,7-8,17H2,1-6H3;7-8,17H,9,16H2,1-6H3;7-8,16-17H,9H2,1-6H3;7-8,16H,15H2,1-6H3;7-8,15-16H,1-6H3. The van der Waals surface area contributed by atoms with E-state index in [-0.39, 0.29) is 81.7 Å². The molecule has 7 aromatic carbocycles. The van der Waals surface area contributed by atoms with Gasteiger partial charge >= 0.3 is 0 Å². The van der Waals surface area contributed by atoms with Crippen LogP contribution in [-0.4, -0.2) is 67.8 Å². The number of benzene rings is 7. The number of carbonyl (C=O) groups is 1. The Morgan fingerprint density at radius 1 is 0.270 bits per heavy atom. The van der Waals surface area contributed by atoms with Gasteiger partial charge in [-0.3, -0.25) is 4.79 Å². The molecular formula is C110H182N6O8S2. The number of aromatic hydroxyl groups is 7. The van der Waals surface area contributed by atoms with E-state index in [1.165, 1.54) is 16.7 Å². The minimum absolute atomic E-state index is 0.0122. The van der Waals surface area contributed by atoms with Crippen LogP contribution in [0.5, 0.6) is 40.2 Å². The molecule has 0 aromatic heterocycles. The summed E-state index contributed by atoms with van der Waals surface area (Å²) in [6.07, 6.45) is 3.90. The summed E-state index contributed by atoms with van der Waals surface area (Å²) in [5.74, 6) is 3.64. The van der Waals surface area contributed by atoms with Crippen molar-refractivity contribution in [3.63, 3.8) is 0 Å². The molecule has 0 aliphatic heterocycles. The number of nitrogens with one attached hydrogen (secondary N) is 1. The van der Waals surface area contributed by atoms with Crippen LogP contribution in [0.25, 0.3) is 0 Å². The monoisotopic (exact) mass is 1780 g/mol. The first-order valence-corrected chi connectivity index (χ1v) is 46.6. The van der Waals surface area contributed by atoms with E-state index >= 15 is 0 Å². The van der Waals surface area contributed by atoms with Crippen molar-refractivity contribution in [2.45, 2.75) is 416 Å². The highest BCUT2D eigenvalue weighted by Crippen LogP contribution is 2.48.